The molecule has 1 amide bonds. The Labute approximate surface area is 211 Å². The van der Waals surface area contributed by atoms with E-state index in [0.717, 1.165) is 31.6 Å². The van der Waals surface area contributed by atoms with Crippen LogP contribution in [0.2, 0.25) is 0 Å². The number of nitrogens with one attached hydrogen (secondary N) is 1. The number of allylic oxidation sites excluding steroid dienone is 1. The summed E-state index contributed by atoms with van der Waals surface area (Å²) in [5.74, 6) is 1.50. The van der Waals surface area contributed by atoms with Crippen LogP contribution in [-0.2, 0) is 26.1 Å². The maximum atomic E-state index is 13.1. The quantitative estimate of drug-likeness (QED) is 0.401. The number of aromatic nitrogens is 3. The second kappa shape index (κ2) is 11.7. The van der Waals surface area contributed by atoms with E-state index in [2.05, 4.69) is 29.0 Å². The standard InChI is InChI=1S/C24H33N5O4S2/c1-3-11-29-23(19-5-4-6-21(16-19)35(31,32)28-12-14-33-15-13-28)26-27-24(29)34-17-22(30)25-20-9-7-18(2)8-10-20/h3-6,16,18,20H,1,7-15,17H2,2H3,(H,25,30). The Morgan fingerprint density at radius 3 is 2.69 bits per heavy atom. The third kappa shape index (κ3) is 6.32. The van der Waals surface area contributed by atoms with Gasteiger partial charge >= 0.3 is 0 Å². The van der Waals surface area contributed by atoms with E-state index in [-0.39, 0.29) is 22.6 Å². The first-order valence-electron chi connectivity index (χ1n) is 12.0. The minimum Gasteiger partial charge on any atom is -0.379 e. The van der Waals surface area contributed by atoms with Gasteiger partial charge in [0.15, 0.2) is 11.0 Å². The highest BCUT2D eigenvalue weighted by atomic mass is 32.2. The lowest BCUT2D eigenvalue weighted by Gasteiger charge is -2.26. The Hall–Kier alpha value is -2.21. The van der Waals surface area contributed by atoms with Gasteiger partial charge in [-0.05, 0) is 43.7 Å². The van der Waals surface area contributed by atoms with Crippen molar-refractivity contribution >= 4 is 27.7 Å². The average molecular weight is 520 g/mol. The maximum absolute atomic E-state index is 13.1. The number of morpholine rings is 1. The Bertz CT molecular complexity index is 1140. The first-order chi connectivity index (χ1) is 16.9. The SMILES string of the molecule is C=CCn1c(SCC(=O)NC2CCC(C)CC2)nnc1-c1cccc(S(=O)(=O)N2CCOCC2)c1. The largest absolute Gasteiger partial charge is 0.379 e. The molecule has 1 aromatic heterocycles. The van der Waals surface area contributed by atoms with Gasteiger partial charge in [0.2, 0.25) is 15.9 Å². The molecule has 4 rings (SSSR count). The second-order valence-corrected chi connectivity index (χ2v) is 11.9. The van der Waals surface area contributed by atoms with Crippen molar-refractivity contribution in [1.82, 2.24) is 24.4 Å². The number of ether oxygens (including phenoxy) is 1. The molecule has 0 unspecified atom stereocenters. The van der Waals surface area contributed by atoms with E-state index >= 15 is 0 Å². The van der Waals surface area contributed by atoms with Crippen LogP contribution in [0, 0.1) is 5.92 Å². The molecule has 1 N–H and O–H groups in total. The molecule has 2 aliphatic rings. The van der Waals surface area contributed by atoms with Crippen molar-refractivity contribution in [3.63, 3.8) is 0 Å². The molecule has 0 atom stereocenters. The van der Waals surface area contributed by atoms with Gasteiger partial charge in [-0.25, -0.2) is 8.42 Å². The smallest absolute Gasteiger partial charge is 0.243 e. The zero-order valence-electron chi connectivity index (χ0n) is 20.1. The molecule has 2 aromatic rings. The predicted molar refractivity (Wildman–Crippen MR) is 136 cm³/mol. The van der Waals surface area contributed by atoms with E-state index in [4.69, 9.17) is 4.74 Å². The Kier molecular flexibility index (Phi) is 8.64. The number of benzene rings is 1. The van der Waals surface area contributed by atoms with Crippen LogP contribution < -0.4 is 5.32 Å². The number of hydrogen-bond donors (Lipinski definition) is 1. The summed E-state index contributed by atoms with van der Waals surface area (Å²) in [4.78, 5) is 12.7. The number of hydrogen-bond acceptors (Lipinski definition) is 7. The summed E-state index contributed by atoms with van der Waals surface area (Å²) in [5, 5.41) is 12.3. The number of carbonyl (C=O) groups excluding carboxylic acids is 1. The van der Waals surface area contributed by atoms with Crippen LogP contribution in [-0.4, -0.2) is 71.5 Å². The maximum Gasteiger partial charge on any atom is 0.243 e. The highest BCUT2D eigenvalue weighted by Crippen LogP contribution is 2.28. The first kappa shape index (κ1) is 25.9. The van der Waals surface area contributed by atoms with E-state index in [0.29, 0.717) is 49.4 Å². The van der Waals surface area contributed by atoms with Crippen LogP contribution in [0.1, 0.15) is 32.6 Å². The van der Waals surface area contributed by atoms with Gasteiger partial charge in [-0.1, -0.05) is 36.9 Å². The van der Waals surface area contributed by atoms with Gasteiger partial charge in [-0.3, -0.25) is 9.36 Å². The lowest BCUT2D eigenvalue weighted by atomic mass is 9.87. The third-order valence-electron chi connectivity index (χ3n) is 6.44. The number of rotatable bonds is 9. The van der Waals surface area contributed by atoms with Gasteiger partial charge in [-0.2, -0.15) is 4.31 Å². The van der Waals surface area contributed by atoms with Gasteiger partial charge in [0, 0.05) is 31.2 Å². The fourth-order valence-corrected chi connectivity index (χ4v) is 6.65. The summed E-state index contributed by atoms with van der Waals surface area (Å²) in [6.07, 6.45) is 6.08. The molecule has 1 aliphatic carbocycles. The van der Waals surface area contributed by atoms with Crippen molar-refractivity contribution in [2.24, 2.45) is 5.92 Å². The lowest BCUT2D eigenvalue weighted by Crippen LogP contribution is -2.40. The van der Waals surface area contributed by atoms with Gasteiger partial charge < -0.3 is 10.1 Å². The van der Waals surface area contributed by atoms with E-state index in [1.54, 1.807) is 24.3 Å². The van der Waals surface area contributed by atoms with Gasteiger partial charge in [0.25, 0.3) is 0 Å². The van der Waals surface area contributed by atoms with Gasteiger partial charge in [0.05, 0.1) is 23.9 Å². The van der Waals surface area contributed by atoms with Crippen molar-refractivity contribution in [2.75, 3.05) is 32.1 Å². The van der Waals surface area contributed by atoms with Crippen molar-refractivity contribution in [2.45, 2.75) is 55.2 Å². The summed E-state index contributed by atoms with van der Waals surface area (Å²) < 4.78 is 34.8. The zero-order valence-corrected chi connectivity index (χ0v) is 21.7. The summed E-state index contributed by atoms with van der Waals surface area (Å²) in [7, 11) is -3.63. The second-order valence-electron chi connectivity index (χ2n) is 9.06. The Balaban J connectivity index is 1.48. The molecule has 1 aliphatic heterocycles. The molecule has 0 spiro atoms. The average Bonchev–Trinajstić information content (AvgIpc) is 3.27. The topological polar surface area (TPSA) is 106 Å². The van der Waals surface area contributed by atoms with Crippen molar-refractivity contribution in [1.29, 1.82) is 0 Å². The van der Waals surface area contributed by atoms with Gasteiger partial charge in [-0.15, -0.1) is 16.8 Å². The highest BCUT2D eigenvalue weighted by molar-refractivity contribution is 7.99. The van der Waals surface area contributed by atoms with Crippen molar-refractivity contribution in [3.05, 3.63) is 36.9 Å². The van der Waals surface area contributed by atoms with E-state index in [1.165, 1.54) is 16.1 Å². The van der Waals surface area contributed by atoms with Crippen molar-refractivity contribution in [3.8, 4) is 11.4 Å². The van der Waals surface area contributed by atoms with Crippen molar-refractivity contribution < 1.29 is 17.9 Å². The molecule has 1 aromatic carbocycles. The molecular formula is C24H33N5O4S2. The molecule has 0 bridgehead atoms. The first-order valence-corrected chi connectivity index (χ1v) is 14.5. The lowest BCUT2D eigenvalue weighted by molar-refractivity contribution is -0.119. The van der Waals surface area contributed by atoms with E-state index < -0.39 is 10.0 Å². The number of amides is 1. The minimum absolute atomic E-state index is 0.0112. The van der Waals surface area contributed by atoms with Crippen LogP contribution in [0.3, 0.4) is 0 Å². The zero-order chi connectivity index (χ0) is 24.8. The molecule has 9 nitrogen and oxygen atoms in total. The Morgan fingerprint density at radius 2 is 1.97 bits per heavy atom. The van der Waals surface area contributed by atoms with Crippen LogP contribution in [0.25, 0.3) is 11.4 Å². The predicted octanol–water partition coefficient (Wildman–Crippen LogP) is 2.94. The molecule has 2 fully saturated rings. The normalized spacial score (nSPS) is 21.5. The molecule has 0 radical (unpaired) electrons. The van der Waals surface area contributed by atoms with Crippen LogP contribution in [0.15, 0.2) is 47.0 Å². The summed E-state index contributed by atoms with van der Waals surface area (Å²) in [6, 6.07) is 6.99. The molecular weight excluding hydrogens is 486 g/mol. The third-order valence-corrected chi connectivity index (χ3v) is 9.30. The highest BCUT2D eigenvalue weighted by Gasteiger charge is 2.27. The number of thioether (sulfide) groups is 1. The minimum atomic E-state index is -3.63. The van der Waals surface area contributed by atoms with Gasteiger partial charge in [0.1, 0.15) is 0 Å². The number of nitrogens with zero attached hydrogens (tertiary/aromatic N) is 4. The molecule has 1 saturated carbocycles. The molecule has 1 saturated heterocycles. The molecule has 190 valence electrons. The molecule has 11 heteroatoms. The van der Waals surface area contributed by atoms with E-state index in [1.807, 2.05) is 10.6 Å². The number of sulfonamides is 1. The molecule has 2 heterocycles. The van der Waals surface area contributed by atoms with Crippen LogP contribution in [0.5, 0.6) is 0 Å². The molecule has 35 heavy (non-hydrogen) atoms. The number of carbonyl (C=O) groups is 1. The fourth-order valence-electron chi connectivity index (χ4n) is 4.44. The summed E-state index contributed by atoms with van der Waals surface area (Å²) >= 11 is 1.32. The fraction of sp³-hybridized carbons (Fsp3) is 0.542. The summed E-state index contributed by atoms with van der Waals surface area (Å²) in [5.41, 5.74) is 0.640. The van der Waals surface area contributed by atoms with Crippen LogP contribution >= 0.6 is 11.8 Å². The monoisotopic (exact) mass is 519 g/mol. The summed E-state index contributed by atoms with van der Waals surface area (Å²) in [6.45, 7) is 7.97. The van der Waals surface area contributed by atoms with E-state index in [9.17, 15) is 13.2 Å². The van der Waals surface area contributed by atoms with Crippen LogP contribution in [0.4, 0.5) is 0 Å². The Morgan fingerprint density at radius 1 is 1.23 bits per heavy atom.